The molecule has 0 aromatic carbocycles. The van der Waals surface area contributed by atoms with E-state index in [0.717, 1.165) is 31.9 Å². The second-order valence-corrected chi connectivity index (χ2v) is 8.47. The van der Waals surface area contributed by atoms with Crippen LogP contribution < -0.4 is 5.32 Å². The number of imidazole rings is 1. The molecule has 9 nitrogen and oxygen atoms in total. The Morgan fingerprint density at radius 3 is 2.84 bits per heavy atom. The van der Waals surface area contributed by atoms with Gasteiger partial charge in [-0.3, -0.25) is 4.79 Å². The van der Waals surface area contributed by atoms with Crippen molar-refractivity contribution in [3.63, 3.8) is 0 Å². The summed E-state index contributed by atoms with van der Waals surface area (Å²) in [6.07, 6.45) is 10.0. The van der Waals surface area contributed by atoms with E-state index in [-0.39, 0.29) is 12.0 Å². The Morgan fingerprint density at radius 2 is 2.03 bits per heavy atom. The van der Waals surface area contributed by atoms with Gasteiger partial charge in [0.25, 0.3) is 0 Å². The van der Waals surface area contributed by atoms with Gasteiger partial charge in [0.05, 0.1) is 18.3 Å². The fraction of sp³-hybridized carbons (Fsp3) is 0.381. The van der Waals surface area contributed by atoms with Gasteiger partial charge in [0.2, 0.25) is 0 Å². The van der Waals surface area contributed by atoms with Crippen LogP contribution in [0, 0.1) is 23.6 Å². The molecular formula is C21H20FN7O2. The number of hydrogen-bond donors (Lipinski definition) is 3. The Hall–Kier alpha value is -3.56. The van der Waals surface area contributed by atoms with Gasteiger partial charge in [0.1, 0.15) is 23.3 Å². The van der Waals surface area contributed by atoms with Crippen molar-refractivity contribution in [3.05, 3.63) is 36.8 Å². The lowest BCUT2D eigenvalue weighted by atomic mass is 9.61. The van der Waals surface area contributed by atoms with Crippen LogP contribution in [0.25, 0.3) is 27.9 Å². The van der Waals surface area contributed by atoms with Crippen LogP contribution in [0.15, 0.2) is 31.0 Å². The van der Waals surface area contributed by atoms with E-state index in [4.69, 9.17) is 4.98 Å². The number of halogens is 1. The summed E-state index contributed by atoms with van der Waals surface area (Å²) in [6, 6.07) is 1.19. The Balaban J connectivity index is 1.46. The highest BCUT2D eigenvalue weighted by molar-refractivity contribution is 5.92. The maximum atomic E-state index is 13.8. The van der Waals surface area contributed by atoms with E-state index >= 15 is 0 Å². The van der Waals surface area contributed by atoms with Gasteiger partial charge < -0.3 is 15.4 Å². The number of fused-ring (bicyclic) bond motifs is 5. The zero-order chi connectivity index (χ0) is 21.1. The van der Waals surface area contributed by atoms with Crippen LogP contribution in [-0.2, 0) is 4.79 Å². The molecule has 31 heavy (non-hydrogen) atoms. The van der Waals surface area contributed by atoms with Crippen LogP contribution in [-0.4, -0.2) is 46.7 Å². The van der Waals surface area contributed by atoms with Crippen molar-refractivity contribution in [2.75, 3.05) is 5.32 Å². The monoisotopic (exact) mass is 421 g/mol. The fourth-order valence-electron chi connectivity index (χ4n) is 5.38. The van der Waals surface area contributed by atoms with E-state index in [9.17, 15) is 14.3 Å². The van der Waals surface area contributed by atoms with Crippen molar-refractivity contribution in [2.24, 2.45) is 17.8 Å². The number of hydrogen-bond acceptors (Lipinski definition) is 6. The minimum absolute atomic E-state index is 0.185. The first kappa shape index (κ1) is 18.2. The first-order valence-electron chi connectivity index (χ1n) is 10.4. The van der Waals surface area contributed by atoms with Crippen LogP contribution >= 0.6 is 0 Å². The predicted octanol–water partition coefficient (Wildman–Crippen LogP) is 3.11. The molecule has 2 bridgehead atoms. The summed E-state index contributed by atoms with van der Waals surface area (Å²) < 4.78 is 15.4. The molecular weight excluding hydrogens is 401 g/mol. The first-order chi connectivity index (χ1) is 15.1. The molecule has 10 heteroatoms. The van der Waals surface area contributed by atoms with Gasteiger partial charge >= 0.3 is 5.97 Å². The largest absolute Gasteiger partial charge is 0.481 e. The molecule has 4 heterocycles. The van der Waals surface area contributed by atoms with Crippen LogP contribution in [0.3, 0.4) is 0 Å². The molecule has 4 aromatic heterocycles. The number of aliphatic carboxylic acids is 1. The molecule has 158 valence electrons. The molecule has 3 aliphatic rings. The summed E-state index contributed by atoms with van der Waals surface area (Å²) in [4.78, 5) is 28.0. The molecule has 0 aliphatic heterocycles. The van der Waals surface area contributed by atoms with Gasteiger partial charge in [-0.1, -0.05) is 0 Å². The van der Waals surface area contributed by atoms with Crippen molar-refractivity contribution in [3.8, 4) is 11.4 Å². The fourth-order valence-corrected chi connectivity index (χ4v) is 5.38. The van der Waals surface area contributed by atoms with E-state index in [2.05, 4.69) is 25.4 Å². The number of pyridine rings is 1. The third-order valence-corrected chi connectivity index (χ3v) is 6.83. The van der Waals surface area contributed by atoms with E-state index in [0.29, 0.717) is 39.7 Å². The third kappa shape index (κ3) is 2.85. The molecule has 0 unspecified atom stereocenters. The number of rotatable bonds is 4. The van der Waals surface area contributed by atoms with Crippen molar-refractivity contribution < 1.29 is 14.3 Å². The zero-order valence-corrected chi connectivity index (χ0v) is 16.5. The number of H-pyrrole nitrogens is 1. The Bertz CT molecular complexity index is 1310. The molecule has 3 aliphatic carbocycles. The normalized spacial score (nSPS) is 25.3. The van der Waals surface area contributed by atoms with Crippen LogP contribution in [0.1, 0.15) is 25.7 Å². The molecule has 7 rings (SSSR count). The van der Waals surface area contributed by atoms with Crippen molar-refractivity contribution in [1.29, 1.82) is 0 Å². The molecule has 3 N–H and O–H groups in total. The molecule has 4 aromatic rings. The third-order valence-electron chi connectivity index (χ3n) is 6.83. The van der Waals surface area contributed by atoms with E-state index < -0.39 is 17.7 Å². The Morgan fingerprint density at radius 1 is 1.23 bits per heavy atom. The van der Waals surface area contributed by atoms with Crippen molar-refractivity contribution in [1.82, 2.24) is 29.5 Å². The lowest BCUT2D eigenvalue weighted by Gasteiger charge is -2.47. The van der Waals surface area contributed by atoms with Crippen molar-refractivity contribution in [2.45, 2.75) is 31.7 Å². The quantitative estimate of drug-likeness (QED) is 0.463. The van der Waals surface area contributed by atoms with Crippen LogP contribution in [0.2, 0.25) is 0 Å². The second kappa shape index (κ2) is 6.73. The number of carboxylic acids is 1. The average molecular weight is 421 g/mol. The molecule has 0 radical (unpaired) electrons. The minimum atomic E-state index is -0.760. The lowest BCUT2D eigenvalue weighted by molar-refractivity contribution is -0.148. The Kier molecular flexibility index (Phi) is 3.95. The van der Waals surface area contributed by atoms with E-state index in [1.165, 1.54) is 6.07 Å². The number of carbonyl (C=O) groups is 1. The number of aromatic amines is 1. The summed E-state index contributed by atoms with van der Waals surface area (Å²) in [6.45, 7) is 0. The maximum absolute atomic E-state index is 13.8. The van der Waals surface area contributed by atoms with Crippen LogP contribution in [0.4, 0.5) is 10.2 Å². The van der Waals surface area contributed by atoms with Gasteiger partial charge in [0.15, 0.2) is 11.6 Å². The lowest BCUT2D eigenvalue weighted by Crippen LogP contribution is -2.51. The molecule has 0 amide bonds. The predicted molar refractivity (Wildman–Crippen MR) is 110 cm³/mol. The van der Waals surface area contributed by atoms with Gasteiger partial charge in [0, 0.05) is 23.2 Å². The highest BCUT2D eigenvalue weighted by Gasteiger charge is 2.47. The first-order valence-corrected chi connectivity index (χ1v) is 10.4. The Labute approximate surface area is 175 Å². The highest BCUT2D eigenvalue weighted by atomic mass is 19.1. The van der Waals surface area contributed by atoms with E-state index in [1.807, 2.05) is 0 Å². The van der Waals surface area contributed by atoms with Crippen molar-refractivity contribution >= 4 is 28.3 Å². The highest BCUT2D eigenvalue weighted by Crippen LogP contribution is 2.46. The minimum Gasteiger partial charge on any atom is -0.481 e. The standard InChI is InChI=1S/C21H20FN7O2/c22-12-5-13-14(7-25-18(13)24-6-12)19-27-20(15-8-23-9-29(15)28-19)26-17-11-3-1-10(2-4-11)16(17)21(30)31/h5-11,16-17H,1-4H2,(H,24,25)(H,30,31)(H,26,27,28)/t10?,11?,16-,17-/m0/s1. The number of nitrogens with one attached hydrogen (secondary N) is 2. The summed E-state index contributed by atoms with van der Waals surface area (Å²) in [5, 5.41) is 18.4. The summed E-state index contributed by atoms with van der Waals surface area (Å²) in [5.74, 6) is -0.268. The summed E-state index contributed by atoms with van der Waals surface area (Å²) in [5.41, 5.74) is 1.81. The maximum Gasteiger partial charge on any atom is 0.308 e. The zero-order valence-electron chi connectivity index (χ0n) is 16.5. The SMILES string of the molecule is O=C(O)[C@H]1C2CCC(CC2)[C@@H]1Nc1nc(-c2c[nH]c3ncc(F)cc23)nn2cncc12. The molecule has 2 atom stereocenters. The smallest absolute Gasteiger partial charge is 0.308 e. The second-order valence-electron chi connectivity index (χ2n) is 8.47. The molecule has 3 saturated carbocycles. The number of aromatic nitrogens is 6. The number of carboxylic acid groups (broad SMARTS) is 1. The summed E-state index contributed by atoms with van der Waals surface area (Å²) >= 11 is 0. The topological polar surface area (TPSA) is 121 Å². The van der Waals surface area contributed by atoms with Crippen LogP contribution in [0.5, 0.6) is 0 Å². The number of nitrogens with zero attached hydrogens (tertiary/aromatic N) is 5. The average Bonchev–Trinajstić information content (AvgIpc) is 3.41. The molecule has 0 saturated heterocycles. The van der Waals surface area contributed by atoms with Gasteiger partial charge in [-0.05, 0) is 43.6 Å². The van der Waals surface area contributed by atoms with Gasteiger partial charge in [-0.2, -0.15) is 0 Å². The van der Waals surface area contributed by atoms with E-state index in [1.54, 1.807) is 23.2 Å². The van der Waals surface area contributed by atoms with Gasteiger partial charge in [-0.15, -0.1) is 5.10 Å². The van der Waals surface area contributed by atoms with Gasteiger partial charge in [-0.25, -0.2) is 23.9 Å². The summed E-state index contributed by atoms with van der Waals surface area (Å²) in [7, 11) is 0. The molecule has 3 fully saturated rings. The molecule has 0 spiro atoms. The number of anilines is 1.